The zero-order chi connectivity index (χ0) is 19.3. The Morgan fingerprint density at radius 2 is 1.50 bits per heavy atom. The lowest BCUT2D eigenvalue weighted by molar-refractivity contribution is -0.119. The molecule has 0 heterocycles. The van der Waals surface area contributed by atoms with Crippen LogP contribution < -0.4 is 10.6 Å². The van der Waals surface area contributed by atoms with Crippen LogP contribution in [0.5, 0.6) is 0 Å². The van der Waals surface area contributed by atoms with Crippen LogP contribution in [-0.4, -0.2) is 19.0 Å². The summed E-state index contributed by atoms with van der Waals surface area (Å²) < 4.78 is 0. The standard InChI is InChI=1S/C23H32N2O/c1-6-25(7-2)20-14-10-18(11-15-20)21(22(24)26)16-17-8-12-19(13-9-17)23(3,4)5/h8-15,21H,6-7,16H2,1-5H3,(H2,24,26). The van der Waals surface area contributed by atoms with Crippen LogP contribution in [0, 0.1) is 0 Å². The van der Waals surface area contributed by atoms with E-state index in [2.05, 4.69) is 75.9 Å². The summed E-state index contributed by atoms with van der Waals surface area (Å²) in [5.74, 6) is -0.582. The number of hydrogen-bond acceptors (Lipinski definition) is 2. The molecule has 26 heavy (non-hydrogen) atoms. The molecular weight excluding hydrogens is 320 g/mol. The number of amides is 1. The Balaban J connectivity index is 2.20. The summed E-state index contributed by atoms with van der Waals surface area (Å²) in [5, 5.41) is 0. The van der Waals surface area contributed by atoms with Crippen molar-refractivity contribution in [3.05, 3.63) is 65.2 Å². The Kier molecular flexibility index (Phi) is 6.47. The first-order valence-corrected chi connectivity index (χ1v) is 9.49. The molecule has 2 aromatic rings. The minimum atomic E-state index is -0.304. The third-order valence-corrected chi connectivity index (χ3v) is 5.03. The van der Waals surface area contributed by atoms with Gasteiger partial charge in [0.2, 0.25) is 5.91 Å². The summed E-state index contributed by atoms with van der Waals surface area (Å²) in [6.45, 7) is 12.8. The summed E-state index contributed by atoms with van der Waals surface area (Å²) >= 11 is 0. The van der Waals surface area contributed by atoms with Gasteiger partial charge in [0.05, 0.1) is 5.92 Å². The highest BCUT2D eigenvalue weighted by atomic mass is 16.1. The first-order valence-electron chi connectivity index (χ1n) is 9.49. The molecule has 0 saturated carbocycles. The monoisotopic (exact) mass is 352 g/mol. The predicted molar refractivity (Wildman–Crippen MR) is 111 cm³/mol. The molecule has 2 N–H and O–H groups in total. The quantitative estimate of drug-likeness (QED) is 0.789. The summed E-state index contributed by atoms with van der Waals surface area (Å²) in [5.41, 5.74) is 10.4. The van der Waals surface area contributed by atoms with Gasteiger partial charge in [0.1, 0.15) is 0 Å². The number of rotatable bonds is 7. The molecular formula is C23H32N2O. The van der Waals surface area contributed by atoms with Gasteiger partial charge in [-0.25, -0.2) is 0 Å². The highest BCUT2D eigenvalue weighted by Crippen LogP contribution is 2.26. The van der Waals surface area contributed by atoms with Gasteiger partial charge in [0.15, 0.2) is 0 Å². The van der Waals surface area contributed by atoms with E-state index in [-0.39, 0.29) is 17.2 Å². The van der Waals surface area contributed by atoms with E-state index < -0.39 is 0 Å². The second kappa shape index (κ2) is 8.39. The van der Waals surface area contributed by atoms with E-state index in [1.807, 2.05) is 12.1 Å². The third-order valence-electron chi connectivity index (χ3n) is 5.03. The van der Waals surface area contributed by atoms with Crippen molar-refractivity contribution in [2.45, 2.75) is 52.4 Å². The number of benzene rings is 2. The van der Waals surface area contributed by atoms with Crippen molar-refractivity contribution < 1.29 is 4.79 Å². The Hall–Kier alpha value is -2.29. The number of anilines is 1. The minimum Gasteiger partial charge on any atom is -0.372 e. The van der Waals surface area contributed by atoms with E-state index in [0.717, 1.165) is 24.2 Å². The van der Waals surface area contributed by atoms with Gasteiger partial charge in [-0.1, -0.05) is 57.2 Å². The number of primary amides is 1. The number of nitrogens with two attached hydrogens (primary N) is 1. The molecule has 0 aromatic heterocycles. The lowest BCUT2D eigenvalue weighted by atomic mass is 9.85. The first kappa shape index (κ1) is 20.0. The Morgan fingerprint density at radius 1 is 0.962 bits per heavy atom. The molecule has 3 heteroatoms. The van der Waals surface area contributed by atoms with Crippen molar-refractivity contribution in [2.75, 3.05) is 18.0 Å². The van der Waals surface area contributed by atoms with Crippen LogP contribution in [0.25, 0.3) is 0 Å². The Labute approximate surface area is 158 Å². The van der Waals surface area contributed by atoms with E-state index >= 15 is 0 Å². The minimum absolute atomic E-state index is 0.127. The lowest BCUT2D eigenvalue weighted by Crippen LogP contribution is -2.24. The smallest absolute Gasteiger partial charge is 0.225 e. The highest BCUT2D eigenvalue weighted by Gasteiger charge is 2.19. The first-order chi connectivity index (χ1) is 12.3. The van der Waals surface area contributed by atoms with Crippen LogP contribution in [-0.2, 0) is 16.6 Å². The number of nitrogens with zero attached hydrogens (tertiary/aromatic N) is 1. The van der Waals surface area contributed by atoms with Crippen molar-refractivity contribution >= 4 is 11.6 Å². The van der Waals surface area contributed by atoms with Crippen molar-refractivity contribution in [1.82, 2.24) is 0 Å². The molecule has 0 aliphatic carbocycles. The van der Waals surface area contributed by atoms with Gasteiger partial charge in [-0.2, -0.15) is 0 Å². The average molecular weight is 353 g/mol. The van der Waals surface area contributed by atoms with Gasteiger partial charge in [0.25, 0.3) is 0 Å². The molecule has 0 aliphatic rings. The maximum atomic E-state index is 12.1. The third kappa shape index (κ3) is 4.87. The topological polar surface area (TPSA) is 46.3 Å². The van der Waals surface area contributed by atoms with Gasteiger partial charge in [-0.05, 0) is 54.5 Å². The van der Waals surface area contributed by atoms with E-state index in [4.69, 9.17) is 5.73 Å². The highest BCUT2D eigenvalue weighted by molar-refractivity contribution is 5.82. The van der Waals surface area contributed by atoms with Crippen LogP contribution in [0.4, 0.5) is 5.69 Å². The SMILES string of the molecule is CCN(CC)c1ccc(C(Cc2ccc(C(C)(C)C)cc2)C(N)=O)cc1. The predicted octanol–water partition coefficient (Wildman–Crippen LogP) is 4.64. The summed E-state index contributed by atoms with van der Waals surface area (Å²) in [6.07, 6.45) is 0.629. The number of carbonyl (C=O) groups excluding carboxylic acids is 1. The maximum absolute atomic E-state index is 12.1. The lowest BCUT2D eigenvalue weighted by Gasteiger charge is -2.22. The van der Waals surface area contributed by atoms with Gasteiger partial charge < -0.3 is 10.6 Å². The zero-order valence-corrected chi connectivity index (χ0v) is 16.8. The van der Waals surface area contributed by atoms with Crippen molar-refractivity contribution in [2.24, 2.45) is 5.73 Å². The second-order valence-corrected chi connectivity index (χ2v) is 7.87. The fraction of sp³-hybridized carbons (Fsp3) is 0.435. The summed E-state index contributed by atoms with van der Waals surface area (Å²) in [7, 11) is 0. The van der Waals surface area contributed by atoms with Crippen molar-refractivity contribution in [3.8, 4) is 0 Å². The van der Waals surface area contributed by atoms with Crippen LogP contribution in [0.2, 0.25) is 0 Å². The molecule has 0 aliphatic heterocycles. The van der Waals surface area contributed by atoms with Gasteiger partial charge in [-0.15, -0.1) is 0 Å². The molecule has 3 nitrogen and oxygen atoms in total. The van der Waals surface area contributed by atoms with Gasteiger partial charge in [-0.3, -0.25) is 4.79 Å². The molecule has 0 radical (unpaired) electrons. The summed E-state index contributed by atoms with van der Waals surface area (Å²) in [4.78, 5) is 14.4. The fourth-order valence-electron chi connectivity index (χ4n) is 3.27. The Bertz CT molecular complexity index is 707. The van der Waals surface area contributed by atoms with E-state index in [1.165, 1.54) is 11.3 Å². The average Bonchev–Trinajstić information content (AvgIpc) is 2.61. The molecule has 1 amide bonds. The molecule has 0 spiro atoms. The normalized spacial score (nSPS) is 12.7. The molecule has 140 valence electrons. The second-order valence-electron chi connectivity index (χ2n) is 7.87. The fourth-order valence-corrected chi connectivity index (χ4v) is 3.27. The van der Waals surface area contributed by atoms with Crippen LogP contribution in [0.15, 0.2) is 48.5 Å². The molecule has 1 atom stereocenters. The molecule has 2 aromatic carbocycles. The van der Waals surface area contributed by atoms with Crippen molar-refractivity contribution in [1.29, 1.82) is 0 Å². The molecule has 2 rings (SSSR count). The van der Waals surface area contributed by atoms with E-state index in [1.54, 1.807) is 0 Å². The zero-order valence-electron chi connectivity index (χ0n) is 16.8. The Morgan fingerprint density at radius 3 is 1.92 bits per heavy atom. The van der Waals surface area contributed by atoms with Crippen LogP contribution in [0.3, 0.4) is 0 Å². The van der Waals surface area contributed by atoms with E-state index in [9.17, 15) is 4.79 Å². The number of carbonyl (C=O) groups is 1. The maximum Gasteiger partial charge on any atom is 0.225 e. The molecule has 0 bridgehead atoms. The van der Waals surface area contributed by atoms with E-state index in [0.29, 0.717) is 6.42 Å². The van der Waals surface area contributed by atoms with Crippen molar-refractivity contribution in [3.63, 3.8) is 0 Å². The van der Waals surface area contributed by atoms with Gasteiger partial charge >= 0.3 is 0 Å². The van der Waals surface area contributed by atoms with Gasteiger partial charge in [0, 0.05) is 18.8 Å². The van der Waals surface area contributed by atoms with Crippen LogP contribution in [0.1, 0.15) is 57.2 Å². The molecule has 0 saturated heterocycles. The number of hydrogen-bond donors (Lipinski definition) is 1. The largest absolute Gasteiger partial charge is 0.372 e. The molecule has 0 fully saturated rings. The summed E-state index contributed by atoms with van der Waals surface area (Å²) in [6, 6.07) is 16.8. The van der Waals surface area contributed by atoms with Crippen LogP contribution >= 0.6 is 0 Å². The molecule has 1 unspecified atom stereocenters.